The van der Waals surface area contributed by atoms with Crippen LogP contribution in [0.2, 0.25) is 0 Å². The number of aliphatic imine (C=N–C) groups is 1. The molecule has 8 atom stereocenters. The summed E-state index contributed by atoms with van der Waals surface area (Å²) in [5.74, 6) is 0.239. The van der Waals surface area contributed by atoms with Crippen molar-refractivity contribution in [1.29, 1.82) is 0 Å². The number of fused-ring (bicyclic) bond motifs is 2. The molecular weight excluding hydrogens is 574 g/mol. The Morgan fingerprint density at radius 1 is 1.22 bits per heavy atom. The lowest BCUT2D eigenvalue weighted by Gasteiger charge is -2.61. The maximum atomic E-state index is 13.8. The fourth-order valence-corrected chi connectivity index (χ4v) is 7.98. The van der Waals surface area contributed by atoms with Gasteiger partial charge in [-0.25, -0.2) is 9.79 Å². The fourth-order valence-electron chi connectivity index (χ4n) is 7.98. The quantitative estimate of drug-likeness (QED) is 0.328. The van der Waals surface area contributed by atoms with Crippen molar-refractivity contribution in [1.82, 2.24) is 5.06 Å². The van der Waals surface area contributed by atoms with Gasteiger partial charge in [0.05, 0.1) is 31.9 Å². The van der Waals surface area contributed by atoms with Crippen LogP contribution in [0.4, 0.5) is 5.69 Å². The van der Waals surface area contributed by atoms with E-state index in [0.717, 1.165) is 12.1 Å². The number of methoxy groups -OCH3 is 1. The van der Waals surface area contributed by atoms with Crippen LogP contribution < -0.4 is 9.64 Å². The first-order chi connectivity index (χ1) is 21.3. The standard InChI is InChI=1S/C35H47N3O7/c1-19-24(12-25-15-28(19)35(25,3)4)16-36-33(41)31-30(20(2)40)29(18-39)45-38(31)17-21-9-8-10-27(32(21)44-7)22-11-23(34(42)43)14-26(13-22)37(5)6/h8-11,13-14,16,19-20,24-25,28-31,39-40H,12,15,17-18H2,1-7H3,(H,42,43)/t19-,20?,24?,25+,28+,29+,30-,31+/m1/s1. The summed E-state index contributed by atoms with van der Waals surface area (Å²) in [5.41, 5.74) is 3.23. The molecule has 1 saturated heterocycles. The van der Waals surface area contributed by atoms with Crippen molar-refractivity contribution in [3.63, 3.8) is 0 Å². The Morgan fingerprint density at radius 3 is 2.53 bits per heavy atom. The van der Waals surface area contributed by atoms with Crippen molar-refractivity contribution in [2.24, 2.45) is 40.0 Å². The number of ether oxygens (including phenoxy) is 1. The summed E-state index contributed by atoms with van der Waals surface area (Å²) in [6.45, 7) is 8.27. The average molecular weight is 622 g/mol. The first-order valence-electron chi connectivity index (χ1n) is 15.8. The fraction of sp³-hybridized carbons (Fsp3) is 0.571. The lowest BCUT2D eigenvalue weighted by atomic mass is 9.43. The molecule has 0 aromatic heterocycles. The van der Waals surface area contributed by atoms with E-state index in [1.807, 2.05) is 49.5 Å². The molecule has 2 bridgehead atoms. The molecule has 2 unspecified atom stereocenters. The predicted molar refractivity (Wildman–Crippen MR) is 172 cm³/mol. The molecule has 4 fully saturated rings. The number of nitrogens with zero attached hydrogens (tertiary/aromatic N) is 3. The van der Waals surface area contributed by atoms with Gasteiger partial charge < -0.3 is 25.0 Å². The number of amides is 1. The SMILES string of the molecule is COc1c(CN2O[C@@H](CO)[C@@H](C(C)O)[C@H]2C(=O)N=CC2C[C@H]3C[C@@H]([C@@H]2C)C3(C)C)cccc1-c1cc(C(=O)O)cc(N(C)C)c1. The summed E-state index contributed by atoms with van der Waals surface area (Å²) in [6, 6.07) is 9.73. The van der Waals surface area contributed by atoms with Crippen LogP contribution in [-0.2, 0) is 16.2 Å². The summed E-state index contributed by atoms with van der Waals surface area (Å²) in [5, 5.41) is 32.2. The van der Waals surface area contributed by atoms with Gasteiger partial charge in [-0.2, -0.15) is 5.06 Å². The second kappa shape index (κ2) is 12.8. The molecule has 0 radical (unpaired) electrons. The van der Waals surface area contributed by atoms with Crippen LogP contribution in [0.1, 0.15) is 56.5 Å². The van der Waals surface area contributed by atoms with E-state index in [2.05, 4.69) is 25.8 Å². The molecule has 45 heavy (non-hydrogen) atoms. The normalized spacial score (nSPS) is 29.8. The molecule has 2 aromatic carbocycles. The van der Waals surface area contributed by atoms with Crippen molar-refractivity contribution >= 4 is 23.8 Å². The Hall–Kier alpha value is -3.31. The lowest BCUT2D eigenvalue weighted by molar-refractivity contribution is -0.181. The van der Waals surface area contributed by atoms with Crippen LogP contribution in [0, 0.1) is 35.0 Å². The largest absolute Gasteiger partial charge is 0.496 e. The number of carboxylic acid groups (broad SMARTS) is 1. The van der Waals surface area contributed by atoms with Gasteiger partial charge in [-0.3, -0.25) is 9.63 Å². The summed E-state index contributed by atoms with van der Waals surface area (Å²) in [7, 11) is 5.23. The van der Waals surface area contributed by atoms with Crippen LogP contribution in [-0.4, -0.2) is 84.5 Å². The number of aliphatic hydroxyl groups excluding tert-OH is 2. The molecule has 244 valence electrons. The number of hydroxylamine groups is 2. The second-order valence-corrected chi connectivity index (χ2v) is 13.9. The molecule has 0 spiro atoms. The molecule has 1 heterocycles. The van der Waals surface area contributed by atoms with E-state index in [9.17, 15) is 24.9 Å². The number of hydrogen-bond donors (Lipinski definition) is 3. The third-order valence-electron chi connectivity index (χ3n) is 10.8. The zero-order valence-corrected chi connectivity index (χ0v) is 27.3. The van der Waals surface area contributed by atoms with E-state index in [1.165, 1.54) is 11.5 Å². The number of para-hydroxylation sites is 1. The van der Waals surface area contributed by atoms with Gasteiger partial charge in [0.1, 0.15) is 17.9 Å². The summed E-state index contributed by atoms with van der Waals surface area (Å²) < 4.78 is 5.88. The zero-order valence-electron chi connectivity index (χ0n) is 27.3. The zero-order chi connectivity index (χ0) is 32.8. The van der Waals surface area contributed by atoms with Crippen molar-refractivity contribution in [2.75, 3.05) is 32.7 Å². The van der Waals surface area contributed by atoms with Gasteiger partial charge >= 0.3 is 5.97 Å². The highest BCUT2D eigenvalue weighted by molar-refractivity contribution is 5.92. The first kappa shape index (κ1) is 33.1. The molecular formula is C35H47N3O7. The number of hydrogen-bond acceptors (Lipinski definition) is 8. The number of anilines is 1. The van der Waals surface area contributed by atoms with E-state index in [-0.39, 0.29) is 24.6 Å². The minimum Gasteiger partial charge on any atom is -0.496 e. The first-order valence-corrected chi connectivity index (χ1v) is 15.8. The van der Waals surface area contributed by atoms with Crippen molar-refractivity contribution in [3.05, 3.63) is 47.5 Å². The Kier molecular flexibility index (Phi) is 9.43. The third-order valence-corrected chi connectivity index (χ3v) is 10.8. The van der Waals surface area contributed by atoms with E-state index < -0.39 is 36.0 Å². The topological polar surface area (TPSA) is 132 Å². The Morgan fingerprint density at radius 2 is 1.96 bits per heavy atom. The second-order valence-electron chi connectivity index (χ2n) is 13.9. The monoisotopic (exact) mass is 621 g/mol. The summed E-state index contributed by atoms with van der Waals surface area (Å²) in [4.78, 5) is 38.2. The number of aromatic carboxylic acids is 1. The van der Waals surface area contributed by atoms with E-state index in [0.29, 0.717) is 45.6 Å². The van der Waals surface area contributed by atoms with Gasteiger partial charge in [-0.15, -0.1) is 0 Å². The molecule has 3 saturated carbocycles. The van der Waals surface area contributed by atoms with E-state index in [4.69, 9.17) is 9.57 Å². The summed E-state index contributed by atoms with van der Waals surface area (Å²) >= 11 is 0. The van der Waals surface area contributed by atoms with Gasteiger partial charge in [-0.1, -0.05) is 39.0 Å². The number of aliphatic hydroxyl groups is 2. The maximum Gasteiger partial charge on any atom is 0.335 e. The van der Waals surface area contributed by atoms with Crippen molar-refractivity contribution in [3.8, 4) is 16.9 Å². The minimum absolute atomic E-state index is 0.111. The highest BCUT2D eigenvalue weighted by Crippen LogP contribution is 2.62. The van der Waals surface area contributed by atoms with Gasteiger partial charge in [0.2, 0.25) is 0 Å². The number of carbonyl (C=O) groups excluding carboxylic acids is 1. The molecule has 6 rings (SSSR count). The van der Waals surface area contributed by atoms with Crippen LogP contribution in [0.5, 0.6) is 5.75 Å². The van der Waals surface area contributed by atoms with Gasteiger partial charge in [0, 0.05) is 43.0 Å². The highest BCUT2D eigenvalue weighted by atomic mass is 16.7. The molecule has 10 nitrogen and oxygen atoms in total. The van der Waals surface area contributed by atoms with Gasteiger partial charge in [0.25, 0.3) is 5.91 Å². The van der Waals surface area contributed by atoms with Gasteiger partial charge in [0.15, 0.2) is 0 Å². The van der Waals surface area contributed by atoms with E-state index >= 15 is 0 Å². The Bertz CT molecular complexity index is 1450. The van der Waals surface area contributed by atoms with Crippen LogP contribution >= 0.6 is 0 Å². The third kappa shape index (κ3) is 6.13. The highest BCUT2D eigenvalue weighted by Gasteiger charge is 2.56. The number of carbonyl (C=O) groups is 2. The average Bonchev–Trinajstić information content (AvgIpc) is 3.38. The Labute approximate surface area is 265 Å². The molecule has 10 heteroatoms. The molecule has 4 aliphatic rings. The summed E-state index contributed by atoms with van der Waals surface area (Å²) in [6.07, 6.45) is 2.32. The number of benzene rings is 2. The Balaban J connectivity index is 1.45. The van der Waals surface area contributed by atoms with Crippen LogP contribution in [0.25, 0.3) is 11.1 Å². The van der Waals surface area contributed by atoms with Crippen LogP contribution in [0.3, 0.4) is 0 Å². The maximum absolute atomic E-state index is 13.8. The number of rotatable bonds is 10. The molecule has 2 aromatic rings. The van der Waals surface area contributed by atoms with Crippen LogP contribution in [0.15, 0.2) is 41.4 Å². The van der Waals surface area contributed by atoms with E-state index in [1.54, 1.807) is 26.2 Å². The molecule has 1 aliphatic heterocycles. The van der Waals surface area contributed by atoms with Crippen molar-refractivity contribution in [2.45, 2.75) is 65.3 Å². The smallest absolute Gasteiger partial charge is 0.335 e. The molecule has 1 amide bonds. The lowest BCUT2D eigenvalue weighted by Crippen LogP contribution is -2.55. The molecule has 3 aliphatic carbocycles. The number of carboxylic acids is 1. The predicted octanol–water partition coefficient (Wildman–Crippen LogP) is 4.52. The van der Waals surface area contributed by atoms with Crippen molar-refractivity contribution < 1.29 is 34.5 Å². The van der Waals surface area contributed by atoms with Gasteiger partial charge in [-0.05, 0) is 72.6 Å². The molecule has 3 N–H and O–H groups in total. The minimum atomic E-state index is -1.04.